The van der Waals surface area contributed by atoms with Gasteiger partial charge >= 0.3 is 6.03 Å². The number of para-hydroxylation sites is 1. The molecule has 184 valence electrons. The van der Waals surface area contributed by atoms with Gasteiger partial charge in [-0.1, -0.05) is 61.5 Å². The fourth-order valence-corrected chi connectivity index (χ4v) is 4.14. The van der Waals surface area contributed by atoms with Crippen LogP contribution in [0.1, 0.15) is 34.8 Å². The molecule has 1 saturated heterocycles. The molecule has 0 unspecified atom stereocenters. The van der Waals surface area contributed by atoms with Crippen molar-refractivity contribution in [3.63, 3.8) is 0 Å². The number of urea groups is 1. The van der Waals surface area contributed by atoms with Gasteiger partial charge in [0, 0.05) is 6.54 Å². The Labute approximate surface area is 207 Å². The third kappa shape index (κ3) is 4.95. The summed E-state index contributed by atoms with van der Waals surface area (Å²) in [5.74, 6) is -2.10. The molecule has 1 fully saturated rings. The van der Waals surface area contributed by atoms with Gasteiger partial charge in [0.1, 0.15) is 17.9 Å². The molecule has 1 atom stereocenters. The highest BCUT2D eigenvalue weighted by atomic mass is 19.1. The molecule has 0 saturated carbocycles. The summed E-state index contributed by atoms with van der Waals surface area (Å²) in [6.07, 6.45) is 0.214. The maximum atomic E-state index is 13.4. The number of imide groups is 1. The van der Waals surface area contributed by atoms with Gasteiger partial charge in [-0.05, 0) is 41.8 Å². The minimum Gasteiger partial charge on any atom is -0.348 e. The van der Waals surface area contributed by atoms with Crippen LogP contribution in [-0.4, -0.2) is 35.2 Å². The lowest BCUT2D eigenvalue weighted by molar-refractivity contribution is -0.134. The fraction of sp³-hybridized carbons (Fsp3) is 0.185. The van der Waals surface area contributed by atoms with E-state index in [4.69, 9.17) is 0 Å². The van der Waals surface area contributed by atoms with Crippen molar-refractivity contribution < 1.29 is 23.6 Å². The first-order chi connectivity index (χ1) is 17.3. The van der Waals surface area contributed by atoms with Gasteiger partial charge in [0.25, 0.3) is 11.8 Å². The van der Waals surface area contributed by atoms with Crippen molar-refractivity contribution >= 4 is 29.4 Å². The van der Waals surface area contributed by atoms with Gasteiger partial charge in [-0.2, -0.15) is 0 Å². The van der Waals surface area contributed by atoms with Crippen molar-refractivity contribution in [1.29, 1.82) is 0 Å². The van der Waals surface area contributed by atoms with Crippen molar-refractivity contribution in [2.45, 2.75) is 25.4 Å². The number of carbonyl (C=O) groups is 4. The molecule has 1 heterocycles. The molecule has 0 bridgehead atoms. The Kier molecular flexibility index (Phi) is 7.10. The molecule has 8 nitrogen and oxygen atoms in total. The number of halogens is 1. The number of rotatable bonds is 8. The van der Waals surface area contributed by atoms with E-state index in [-0.39, 0.29) is 23.6 Å². The molecule has 36 heavy (non-hydrogen) atoms. The number of nitrogens with zero attached hydrogens (tertiary/aromatic N) is 1. The number of benzene rings is 3. The molecular formula is C27H25FN4O4. The molecule has 3 N–H and O–H groups in total. The minimum atomic E-state index is -1.39. The predicted molar refractivity (Wildman–Crippen MR) is 131 cm³/mol. The summed E-state index contributed by atoms with van der Waals surface area (Å²) in [6, 6.07) is 20.4. The minimum absolute atomic E-state index is 0.214. The van der Waals surface area contributed by atoms with Crippen molar-refractivity contribution in [3.8, 4) is 0 Å². The quantitative estimate of drug-likeness (QED) is 0.422. The van der Waals surface area contributed by atoms with Crippen LogP contribution < -0.4 is 16.0 Å². The van der Waals surface area contributed by atoms with E-state index in [2.05, 4.69) is 16.0 Å². The van der Waals surface area contributed by atoms with Crippen LogP contribution in [0.5, 0.6) is 0 Å². The molecule has 0 aliphatic carbocycles. The monoisotopic (exact) mass is 488 g/mol. The smallest absolute Gasteiger partial charge is 0.325 e. The second-order valence-electron chi connectivity index (χ2n) is 8.35. The molecule has 1 aliphatic rings. The van der Waals surface area contributed by atoms with Crippen molar-refractivity contribution in [1.82, 2.24) is 15.5 Å². The van der Waals surface area contributed by atoms with Gasteiger partial charge in [-0.3, -0.25) is 19.3 Å². The SMILES string of the molecule is CC[C@]1(c2ccc(F)cc2)NC(=O)N(CC(=O)Nc2ccccc2C(=O)NCc2ccccc2)C1=O. The molecular weight excluding hydrogens is 463 g/mol. The highest BCUT2D eigenvalue weighted by Crippen LogP contribution is 2.32. The number of nitrogens with one attached hydrogen (secondary N) is 3. The zero-order valence-electron chi connectivity index (χ0n) is 19.6. The number of hydrogen-bond donors (Lipinski definition) is 3. The third-order valence-corrected chi connectivity index (χ3v) is 6.09. The second kappa shape index (κ2) is 10.4. The summed E-state index contributed by atoms with van der Waals surface area (Å²) in [7, 11) is 0. The van der Waals surface area contributed by atoms with Crippen LogP contribution in [0.4, 0.5) is 14.9 Å². The van der Waals surface area contributed by atoms with E-state index >= 15 is 0 Å². The largest absolute Gasteiger partial charge is 0.348 e. The third-order valence-electron chi connectivity index (χ3n) is 6.09. The summed E-state index contributed by atoms with van der Waals surface area (Å²) in [4.78, 5) is 52.3. The normalized spacial score (nSPS) is 17.0. The Bertz CT molecular complexity index is 1300. The van der Waals surface area contributed by atoms with E-state index in [0.29, 0.717) is 12.1 Å². The lowest BCUT2D eigenvalue weighted by Gasteiger charge is -2.25. The van der Waals surface area contributed by atoms with Gasteiger partial charge in [0.2, 0.25) is 5.91 Å². The van der Waals surface area contributed by atoms with Gasteiger partial charge in [-0.25, -0.2) is 9.18 Å². The van der Waals surface area contributed by atoms with Crippen LogP contribution in [0, 0.1) is 5.82 Å². The van der Waals surface area contributed by atoms with E-state index in [1.54, 1.807) is 31.2 Å². The number of carbonyl (C=O) groups excluding carboxylic acids is 4. The first kappa shape index (κ1) is 24.6. The average molecular weight is 489 g/mol. The molecule has 4 rings (SSSR count). The number of hydrogen-bond acceptors (Lipinski definition) is 4. The van der Waals surface area contributed by atoms with E-state index < -0.39 is 35.7 Å². The summed E-state index contributed by atoms with van der Waals surface area (Å²) in [6.45, 7) is 1.48. The van der Waals surface area contributed by atoms with E-state index in [0.717, 1.165) is 10.5 Å². The lowest BCUT2D eigenvalue weighted by Crippen LogP contribution is -2.44. The van der Waals surface area contributed by atoms with E-state index in [1.807, 2.05) is 30.3 Å². The standard InChI is InChI=1S/C27H25FN4O4/c1-2-27(19-12-14-20(28)15-13-19)25(35)32(26(36)31-27)17-23(33)30-22-11-7-6-10-21(22)24(34)29-16-18-8-4-3-5-9-18/h3-15H,2,16-17H2,1H3,(H,29,34)(H,30,33)(H,31,36)/t27-/m1/s1. The van der Waals surface area contributed by atoms with Crippen LogP contribution in [0.15, 0.2) is 78.9 Å². The molecule has 1 aliphatic heterocycles. The Balaban J connectivity index is 1.45. The molecule has 3 aromatic carbocycles. The maximum Gasteiger partial charge on any atom is 0.325 e. The Morgan fingerprint density at radius 3 is 2.31 bits per heavy atom. The average Bonchev–Trinajstić information content (AvgIpc) is 3.13. The van der Waals surface area contributed by atoms with Gasteiger partial charge in [0.15, 0.2) is 0 Å². The van der Waals surface area contributed by atoms with Crippen molar-refractivity contribution in [2.24, 2.45) is 0 Å². The summed E-state index contributed by atoms with van der Waals surface area (Å²) in [5.41, 5.74) is 0.452. The van der Waals surface area contributed by atoms with Crippen molar-refractivity contribution in [2.75, 3.05) is 11.9 Å². The molecule has 0 aromatic heterocycles. The molecule has 5 amide bonds. The Morgan fingerprint density at radius 2 is 1.61 bits per heavy atom. The topological polar surface area (TPSA) is 108 Å². The number of amides is 5. The van der Waals surface area contributed by atoms with Crippen molar-refractivity contribution in [3.05, 3.63) is 101 Å². The summed E-state index contributed by atoms with van der Waals surface area (Å²) in [5, 5.41) is 8.09. The second-order valence-corrected chi connectivity index (χ2v) is 8.35. The first-order valence-electron chi connectivity index (χ1n) is 11.4. The van der Waals surface area contributed by atoms with Crippen LogP contribution >= 0.6 is 0 Å². The highest BCUT2D eigenvalue weighted by molar-refractivity contribution is 6.11. The van der Waals surface area contributed by atoms with Gasteiger partial charge in [-0.15, -0.1) is 0 Å². The van der Waals surface area contributed by atoms with E-state index in [9.17, 15) is 23.6 Å². The highest BCUT2D eigenvalue weighted by Gasteiger charge is 2.51. The van der Waals surface area contributed by atoms with Crippen LogP contribution in [0.3, 0.4) is 0 Å². The zero-order valence-corrected chi connectivity index (χ0v) is 19.6. The Morgan fingerprint density at radius 1 is 0.944 bits per heavy atom. The predicted octanol–water partition coefficient (Wildman–Crippen LogP) is 3.55. The van der Waals surface area contributed by atoms with Crippen LogP contribution in [-0.2, 0) is 21.7 Å². The molecule has 3 aromatic rings. The number of anilines is 1. The fourth-order valence-electron chi connectivity index (χ4n) is 4.14. The zero-order chi connectivity index (χ0) is 25.7. The molecule has 0 spiro atoms. The Hall–Kier alpha value is -4.53. The molecule has 9 heteroatoms. The summed E-state index contributed by atoms with van der Waals surface area (Å²) >= 11 is 0. The van der Waals surface area contributed by atoms with Gasteiger partial charge < -0.3 is 16.0 Å². The molecule has 0 radical (unpaired) electrons. The van der Waals surface area contributed by atoms with E-state index in [1.165, 1.54) is 24.3 Å². The maximum absolute atomic E-state index is 13.4. The first-order valence-corrected chi connectivity index (χ1v) is 11.4. The van der Waals surface area contributed by atoms with Gasteiger partial charge in [0.05, 0.1) is 11.3 Å². The van der Waals surface area contributed by atoms with Crippen LogP contribution in [0.2, 0.25) is 0 Å². The van der Waals surface area contributed by atoms with Crippen LogP contribution in [0.25, 0.3) is 0 Å². The lowest BCUT2D eigenvalue weighted by atomic mass is 9.87. The summed E-state index contributed by atoms with van der Waals surface area (Å²) < 4.78 is 13.4.